The Kier molecular flexibility index (Phi) is 3.33. The summed E-state index contributed by atoms with van der Waals surface area (Å²) in [5, 5.41) is 2.08. The molecule has 0 saturated heterocycles. The number of rotatable bonds is 3. The van der Waals surface area contributed by atoms with E-state index < -0.39 is 0 Å². The number of halogens is 1. The maximum Gasteiger partial charge on any atom is 0.125 e. The average molecular weight is 250 g/mol. The second-order valence-corrected chi connectivity index (χ2v) is 5.09. The quantitative estimate of drug-likeness (QED) is 0.846. The predicted octanol–water partition coefficient (Wildman–Crippen LogP) is 3.41. The number of nitrogen functional groups attached to an aromatic ring is 1. The Morgan fingerprint density at radius 3 is 2.71 bits per heavy atom. The van der Waals surface area contributed by atoms with Crippen LogP contribution in [0.1, 0.15) is 10.4 Å². The van der Waals surface area contributed by atoms with Crippen LogP contribution < -0.4 is 10.6 Å². The van der Waals surface area contributed by atoms with E-state index in [9.17, 15) is 4.39 Å². The molecule has 2 N–H and O–H groups in total. The molecule has 4 heteroatoms. The molecular weight excluding hydrogens is 235 g/mol. The summed E-state index contributed by atoms with van der Waals surface area (Å²) in [7, 11) is 1.96. The van der Waals surface area contributed by atoms with Gasteiger partial charge >= 0.3 is 0 Å². The maximum atomic E-state index is 13.0. The molecule has 1 heterocycles. The second kappa shape index (κ2) is 4.75. The van der Waals surface area contributed by atoms with Crippen LogP contribution >= 0.6 is 11.3 Å². The van der Waals surface area contributed by atoms with Crippen molar-refractivity contribution < 1.29 is 4.39 Å². The fourth-order valence-electron chi connectivity index (χ4n) is 1.74. The highest BCUT2D eigenvalue weighted by Gasteiger charge is 2.09. The molecule has 0 atom stereocenters. The topological polar surface area (TPSA) is 29.3 Å². The van der Waals surface area contributed by atoms with Crippen LogP contribution in [0, 0.1) is 12.7 Å². The van der Waals surface area contributed by atoms with Gasteiger partial charge in [0.25, 0.3) is 0 Å². The Hall–Kier alpha value is -1.55. The smallest absolute Gasteiger partial charge is 0.125 e. The number of nitrogens with two attached hydrogens (primary N) is 1. The van der Waals surface area contributed by atoms with E-state index in [2.05, 4.69) is 18.4 Å². The molecule has 1 aromatic heterocycles. The van der Waals surface area contributed by atoms with Crippen molar-refractivity contribution in [2.24, 2.45) is 0 Å². The Balaban J connectivity index is 2.20. The van der Waals surface area contributed by atoms with Crippen molar-refractivity contribution in [3.8, 4) is 0 Å². The van der Waals surface area contributed by atoms with E-state index in [1.807, 2.05) is 11.9 Å². The fraction of sp³-hybridized carbons (Fsp3) is 0.231. The maximum absolute atomic E-state index is 13.0. The molecule has 2 nitrogen and oxygen atoms in total. The first-order chi connectivity index (χ1) is 8.08. The SMILES string of the molecule is Cc1ccsc1CN(C)c1ccc(F)cc1N. The molecule has 2 rings (SSSR count). The highest BCUT2D eigenvalue weighted by atomic mass is 32.1. The van der Waals surface area contributed by atoms with E-state index in [1.54, 1.807) is 17.4 Å². The minimum absolute atomic E-state index is 0.299. The molecule has 90 valence electrons. The normalized spacial score (nSPS) is 10.5. The van der Waals surface area contributed by atoms with Gasteiger partial charge in [-0.15, -0.1) is 11.3 Å². The van der Waals surface area contributed by atoms with E-state index in [0.717, 1.165) is 12.2 Å². The van der Waals surface area contributed by atoms with Gasteiger partial charge in [0.15, 0.2) is 0 Å². The lowest BCUT2D eigenvalue weighted by Gasteiger charge is -2.20. The summed E-state index contributed by atoms with van der Waals surface area (Å²) in [5.41, 5.74) is 8.43. The first-order valence-electron chi connectivity index (χ1n) is 5.37. The minimum atomic E-state index is -0.299. The number of nitrogens with zero attached hydrogens (tertiary/aromatic N) is 1. The van der Waals surface area contributed by atoms with Crippen molar-refractivity contribution in [1.82, 2.24) is 0 Å². The lowest BCUT2D eigenvalue weighted by molar-refractivity contribution is 0.628. The molecule has 0 amide bonds. The van der Waals surface area contributed by atoms with Gasteiger partial charge in [-0.05, 0) is 42.1 Å². The van der Waals surface area contributed by atoms with Gasteiger partial charge in [0.05, 0.1) is 17.9 Å². The zero-order valence-electron chi connectivity index (χ0n) is 9.90. The number of benzene rings is 1. The average Bonchev–Trinajstić information content (AvgIpc) is 2.64. The summed E-state index contributed by atoms with van der Waals surface area (Å²) in [4.78, 5) is 3.34. The van der Waals surface area contributed by atoms with E-state index in [1.165, 1.54) is 22.6 Å². The van der Waals surface area contributed by atoms with Crippen molar-refractivity contribution in [2.75, 3.05) is 17.7 Å². The van der Waals surface area contributed by atoms with Crippen LogP contribution in [0.2, 0.25) is 0 Å². The number of aryl methyl sites for hydroxylation is 1. The summed E-state index contributed by atoms with van der Waals surface area (Å²) in [6.07, 6.45) is 0. The molecule has 0 unspecified atom stereocenters. The zero-order valence-corrected chi connectivity index (χ0v) is 10.7. The van der Waals surface area contributed by atoms with Gasteiger partial charge in [0.2, 0.25) is 0 Å². The highest BCUT2D eigenvalue weighted by molar-refractivity contribution is 7.10. The second-order valence-electron chi connectivity index (χ2n) is 4.09. The van der Waals surface area contributed by atoms with Crippen LogP contribution in [-0.2, 0) is 6.54 Å². The van der Waals surface area contributed by atoms with Crippen molar-refractivity contribution in [1.29, 1.82) is 0 Å². The molecule has 2 aromatic rings. The lowest BCUT2D eigenvalue weighted by atomic mass is 10.2. The van der Waals surface area contributed by atoms with Crippen LogP contribution in [0.15, 0.2) is 29.6 Å². The first-order valence-corrected chi connectivity index (χ1v) is 6.25. The summed E-state index contributed by atoms with van der Waals surface area (Å²) >= 11 is 1.72. The molecule has 0 aliphatic heterocycles. The van der Waals surface area contributed by atoms with Crippen LogP contribution in [0.3, 0.4) is 0 Å². The van der Waals surface area contributed by atoms with Gasteiger partial charge in [-0.2, -0.15) is 0 Å². The number of thiophene rings is 1. The molecule has 0 radical (unpaired) electrons. The number of hydrogen-bond donors (Lipinski definition) is 1. The van der Waals surface area contributed by atoms with Gasteiger partial charge in [-0.25, -0.2) is 4.39 Å². The van der Waals surface area contributed by atoms with Crippen molar-refractivity contribution in [3.63, 3.8) is 0 Å². The first kappa shape index (κ1) is 11.9. The molecule has 17 heavy (non-hydrogen) atoms. The predicted molar refractivity (Wildman–Crippen MR) is 72.0 cm³/mol. The number of anilines is 2. The van der Waals surface area contributed by atoms with Crippen LogP contribution in [0.25, 0.3) is 0 Å². The van der Waals surface area contributed by atoms with Gasteiger partial charge in [-0.1, -0.05) is 0 Å². The molecule has 0 aliphatic rings. The van der Waals surface area contributed by atoms with Crippen LogP contribution in [-0.4, -0.2) is 7.05 Å². The summed E-state index contributed by atoms with van der Waals surface area (Å²) in [5.74, 6) is -0.299. The van der Waals surface area contributed by atoms with E-state index in [-0.39, 0.29) is 5.82 Å². The molecule has 1 aromatic carbocycles. The van der Waals surface area contributed by atoms with Gasteiger partial charge < -0.3 is 10.6 Å². The molecular formula is C13H15FN2S. The van der Waals surface area contributed by atoms with Crippen LogP contribution in [0.5, 0.6) is 0 Å². The summed E-state index contributed by atoms with van der Waals surface area (Å²) < 4.78 is 13.0. The van der Waals surface area contributed by atoms with Crippen molar-refractivity contribution in [2.45, 2.75) is 13.5 Å². The zero-order chi connectivity index (χ0) is 12.4. The Bertz CT molecular complexity index is 522. The Morgan fingerprint density at radius 2 is 2.12 bits per heavy atom. The minimum Gasteiger partial charge on any atom is -0.397 e. The molecule has 0 aliphatic carbocycles. The molecule has 0 spiro atoms. The lowest BCUT2D eigenvalue weighted by Crippen LogP contribution is -2.17. The van der Waals surface area contributed by atoms with Gasteiger partial charge in [0, 0.05) is 11.9 Å². The van der Waals surface area contributed by atoms with E-state index in [0.29, 0.717) is 5.69 Å². The third-order valence-corrected chi connectivity index (χ3v) is 3.76. The van der Waals surface area contributed by atoms with Crippen LogP contribution in [0.4, 0.5) is 15.8 Å². The Morgan fingerprint density at radius 1 is 1.35 bits per heavy atom. The van der Waals surface area contributed by atoms with Crippen molar-refractivity contribution in [3.05, 3.63) is 45.9 Å². The fourth-order valence-corrected chi connectivity index (χ4v) is 2.70. The van der Waals surface area contributed by atoms with Gasteiger partial charge in [0.1, 0.15) is 5.82 Å². The third kappa shape index (κ3) is 2.58. The largest absolute Gasteiger partial charge is 0.397 e. The Labute approximate surface area is 104 Å². The third-order valence-electron chi connectivity index (χ3n) is 2.75. The molecule has 0 saturated carbocycles. The monoisotopic (exact) mass is 250 g/mol. The summed E-state index contributed by atoms with van der Waals surface area (Å²) in [6.45, 7) is 2.88. The van der Waals surface area contributed by atoms with E-state index >= 15 is 0 Å². The molecule has 0 bridgehead atoms. The summed E-state index contributed by atoms with van der Waals surface area (Å²) in [6, 6.07) is 6.60. The standard InChI is InChI=1S/C13H15FN2S/c1-9-5-6-17-13(9)8-16(2)12-4-3-10(14)7-11(12)15/h3-7H,8,15H2,1-2H3. The van der Waals surface area contributed by atoms with Crippen molar-refractivity contribution >= 4 is 22.7 Å². The van der Waals surface area contributed by atoms with Gasteiger partial charge in [-0.3, -0.25) is 0 Å². The van der Waals surface area contributed by atoms with E-state index in [4.69, 9.17) is 5.73 Å². The molecule has 0 fully saturated rings. The highest BCUT2D eigenvalue weighted by Crippen LogP contribution is 2.26. The number of hydrogen-bond acceptors (Lipinski definition) is 3.